The van der Waals surface area contributed by atoms with Crippen LogP contribution in [0.15, 0.2) is 10.6 Å². The number of ether oxygens (including phenoxy) is 5. The summed E-state index contributed by atoms with van der Waals surface area (Å²) in [6.45, 7) is 4.85. The smallest absolute Gasteiger partial charge is 0.417 e. The van der Waals surface area contributed by atoms with Crippen molar-refractivity contribution in [1.82, 2.24) is 4.90 Å². The maximum atomic E-state index is 13.2. The number of cyclic esters (lactones) is 1. The SMILES string of the molecule is COC(C(=O)N1C(=O)OCC1C(C)C)C1OC(O)(CCCOCCOCCO)C(Br)=CC1=O. The predicted octanol–water partition coefficient (Wildman–Crippen LogP) is 0.746. The lowest BCUT2D eigenvalue weighted by atomic mass is 9.98. The molecule has 12 heteroatoms. The van der Waals surface area contributed by atoms with E-state index in [1.807, 2.05) is 13.8 Å². The molecule has 4 atom stereocenters. The third-order valence-corrected chi connectivity index (χ3v) is 6.19. The van der Waals surface area contributed by atoms with Crippen LogP contribution >= 0.6 is 15.9 Å². The number of methoxy groups -OCH3 is 1. The molecular formula is C21H32BrNO10. The van der Waals surface area contributed by atoms with Gasteiger partial charge in [0.1, 0.15) is 6.61 Å². The zero-order valence-corrected chi connectivity index (χ0v) is 20.6. The van der Waals surface area contributed by atoms with Crippen molar-refractivity contribution >= 4 is 33.7 Å². The highest BCUT2D eigenvalue weighted by Crippen LogP contribution is 2.36. The van der Waals surface area contributed by atoms with E-state index in [2.05, 4.69) is 15.9 Å². The van der Waals surface area contributed by atoms with E-state index in [1.165, 1.54) is 7.11 Å². The molecule has 0 bridgehead atoms. The van der Waals surface area contributed by atoms with Crippen molar-refractivity contribution in [2.45, 2.75) is 50.7 Å². The molecular weight excluding hydrogens is 506 g/mol. The van der Waals surface area contributed by atoms with Crippen molar-refractivity contribution < 1.29 is 48.3 Å². The Labute approximate surface area is 201 Å². The van der Waals surface area contributed by atoms with Gasteiger partial charge in [-0.05, 0) is 34.3 Å². The van der Waals surface area contributed by atoms with Crippen LogP contribution in [-0.2, 0) is 33.3 Å². The number of hydrogen-bond donors (Lipinski definition) is 2. The van der Waals surface area contributed by atoms with Crippen LogP contribution in [0.25, 0.3) is 0 Å². The van der Waals surface area contributed by atoms with E-state index in [9.17, 15) is 19.5 Å². The Bertz CT molecular complexity index is 730. The summed E-state index contributed by atoms with van der Waals surface area (Å²) in [6, 6.07) is -0.499. The maximum Gasteiger partial charge on any atom is 0.417 e. The number of carbonyl (C=O) groups excluding carboxylic acids is 3. The fourth-order valence-corrected chi connectivity index (χ4v) is 4.02. The highest BCUT2D eigenvalue weighted by molar-refractivity contribution is 9.11. The molecule has 2 aliphatic rings. The summed E-state index contributed by atoms with van der Waals surface area (Å²) in [6.07, 6.45) is -2.12. The van der Waals surface area contributed by atoms with Crippen molar-refractivity contribution in [3.05, 3.63) is 10.6 Å². The van der Waals surface area contributed by atoms with Crippen molar-refractivity contribution in [2.24, 2.45) is 5.92 Å². The minimum atomic E-state index is -1.88. The largest absolute Gasteiger partial charge is 0.447 e. The first-order chi connectivity index (χ1) is 15.7. The lowest BCUT2D eigenvalue weighted by Gasteiger charge is -2.38. The van der Waals surface area contributed by atoms with Crippen molar-refractivity contribution in [1.29, 1.82) is 0 Å². The fourth-order valence-electron chi connectivity index (χ4n) is 3.51. The number of carbonyl (C=O) groups is 3. The van der Waals surface area contributed by atoms with E-state index in [0.717, 1.165) is 11.0 Å². The summed E-state index contributed by atoms with van der Waals surface area (Å²) < 4.78 is 26.6. The van der Waals surface area contributed by atoms with E-state index in [4.69, 9.17) is 28.8 Å². The van der Waals surface area contributed by atoms with Crippen LogP contribution in [0.1, 0.15) is 26.7 Å². The number of aliphatic hydroxyl groups is 2. The molecule has 0 aromatic rings. The molecule has 0 radical (unpaired) electrons. The first-order valence-electron chi connectivity index (χ1n) is 10.8. The van der Waals surface area contributed by atoms with Crippen LogP contribution in [0.3, 0.4) is 0 Å². The van der Waals surface area contributed by atoms with Crippen molar-refractivity contribution in [2.75, 3.05) is 46.8 Å². The molecule has 188 valence electrons. The number of ketones is 1. The van der Waals surface area contributed by atoms with Crippen LogP contribution in [0.2, 0.25) is 0 Å². The Hall–Kier alpha value is -1.41. The van der Waals surface area contributed by atoms with Crippen molar-refractivity contribution in [3.8, 4) is 0 Å². The second kappa shape index (κ2) is 12.9. The molecule has 2 N–H and O–H groups in total. The number of rotatable bonds is 13. The van der Waals surface area contributed by atoms with Crippen LogP contribution < -0.4 is 0 Å². The lowest BCUT2D eigenvalue weighted by Crippen LogP contribution is -2.57. The highest BCUT2D eigenvalue weighted by Gasteiger charge is 2.50. The van der Waals surface area contributed by atoms with Crippen LogP contribution in [0, 0.1) is 5.92 Å². The van der Waals surface area contributed by atoms with Crippen LogP contribution in [0.5, 0.6) is 0 Å². The van der Waals surface area contributed by atoms with Gasteiger partial charge in [0.25, 0.3) is 5.91 Å². The minimum Gasteiger partial charge on any atom is -0.447 e. The normalized spacial score (nSPS) is 26.5. The monoisotopic (exact) mass is 537 g/mol. The van der Waals surface area contributed by atoms with Crippen molar-refractivity contribution in [3.63, 3.8) is 0 Å². The second-order valence-corrected chi connectivity index (χ2v) is 8.88. The average Bonchev–Trinajstić information content (AvgIpc) is 3.16. The Kier molecular flexibility index (Phi) is 10.9. The molecule has 1 saturated heterocycles. The molecule has 2 aliphatic heterocycles. The third kappa shape index (κ3) is 7.04. The Morgan fingerprint density at radius 3 is 2.55 bits per heavy atom. The Morgan fingerprint density at radius 1 is 1.27 bits per heavy atom. The Balaban J connectivity index is 2.03. The molecule has 0 spiro atoms. The minimum absolute atomic E-state index is 0.0541. The first-order valence-corrected chi connectivity index (χ1v) is 11.6. The topological polar surface area (TPSA) is 141 Å². The molecule has 4 unspecified atom stereocenters. The molecule has 2 amide bonds. The van der Waals surface area contributed by atoms with Gasteiger partial charge in [-0.25, -0.2) is 9.69 Å². The van der Waals surface area contributed by atoms with Gasteiger partial charge in [-0.2, -0.15) is 0 Å². The van der Waals surface area contributed by atoms with E-state index < -0.39 is 41.8 Å². The molecule has 0 aromatic heterocycles. The van der Waals surface area contributed by atoms with Crippen LogP contribution in [-0.4, -0.2) is 104 Å². The van der Waals surface area contributed by atoms with E-state index in [1.54, 1.807) is 0 Å². The van der Waals surface area contributed by atoms with Crippen LogP contribution in [0.4, 0.5) is 4.79 Å². The molecule has 0 aromatic carbocycles. The predicted molar refractivity (Wildman–Crippen MR) is 117 cm³/mol. The van der Waals surface area contributed by atoms with Gasteiger partial charge in [0.2, 0.25) is 0 Å². The molecule has 2 heterocycles. The number of aliphatic hydroxyl groups excluding tert-OH is 1. The second-order valence-electron chi connectivity index (χ2n) is 8.02. The van der Waals surface area contributed by atoms with Gasteiger partial charge in [-0.3, -0.25) is 9.59 Å². The average molecular weight is 538 g/mol. The zero-order valence-electron chi connectivity index (χ0n) is 19.0. The van der Waals surface area contributed by atoms with Gasteiger partial charge >= 0.3 is 6.09 Å². The number of imide groups is 1. The van der Waals surface area contributed by atoms with E-state index >= 15 is 0 Å². The summed E-state index contributed by atoms with van der Waals surface area (Å²) in [5.41, 5.74) is 0. The number of nitrogens with zero attached hydrogens (tertiary/aromatic N) is 1. The van der Waals surface area contributed by atoms with E-state index in [0.29, 0.717) is 19.6 Å². The number of amides is 2. The molecule has 0 saturated carbocycles. The summed E-state index contributed by atoms with van der Waals surface area (Å²) in [4.78, 5) is 38.9. The van der Waals surface area contributed by atoms with Gasteiger partial charge in [-0.1, -0.05) is 13.8 Å². The fraction of sp³-hybridized carbons (Fsp3) is 0.762. The standard InChI is InChI=1S/C21H32BrNO10/c1-13(2)14-12-32-20(27)23(14)19(26)18(29-3)17-15(25)11-16(22)21(28,33-17)5-4-7-30-9-10-31-8-6-24/h11,13-14,17-18,24,28H,4-10,12H2,1-3H3. The molecule has 0 aliphatic carbocycles. The molecule has 33 heavy (non-hydrogen) atoms. The molecule has 11 nitrogen and oxygen atoms in total. The Morgan fingerprint density at radius 2 is 1.94 bits per heavy atom. The number of halogens is 1. The van der Waals surface area contributed by atoms with Gasteiger partial charge in [-0.15, -0.1) is 0 Å². The van der Waals surface area contributed by atoms with Gasteiger partial charge in [0.15, 0.2) is 23.8 Å². The zero-order chi connectivity index (χ0) is 24.6. The molecule has 2 rings (SSSR count). The highest BCUT2D eigenvalue weighted by atomic mass is 79.9. The van der Waals surface area contributed by atoms with E-state index in [-0.39, 0.29) is 43.2 Å². The maximum absolute atomic E-state index is 13.2. The molecule has 1 fully saturated rings. The number of hydrogen-bond acceptors (Lipinski definition) is 10. The summed E-state index contributed by atoms with van der Waals surface area (Å²) in [5, 5.41) is 19.7. The van der Waals surface area contributed by atoms with Gasteiger partial charge < -0.3 is 33.9 Å². The van der Waals surface area contributed by atoms with Gasteiger partial charge in [0.05, 0.1) is 37.0 Å². The summed E-state index contributed by atoms with van der Waals surface area (Å²) in [7, 11) is 1.23. The quantitative estimate of drug-likeness (QED) is 0.323. The summed E-state index contributed by atoms with van der Waals surface area (Å²) in [5.74, 6) is -3.30. The summed E-state index contributed by atoms with van der Waals surface area (Å²) >= 11 is 3.17. The third-order valence-electron chi connectivity index (χ3n) is 5.34. The lowest BCUT2D eigenvalue weighted by molar-refractivity contribution is -0.227. The first kappa shape index (κ1) is 27.8. The van der Waals surface area contributed by atoms with Gasteiger partial charge in [0, 0.05) is 20.1 Å².